The summed E-state index contributed by atoms with van der Waals surface area (Å²) in [4.78, 5) is 0. The molecule has 4 heteroatoms. The van der Waals surface area contributed by atoms with Gasteiger partial charge < -0.3 is 8.61 Å². The molecule has 2 aromatic carbocycles. The second kappa shape index (κ2) is 8.94. The Balaban J connectivity index is 2.73. The van der Waals surface area contributed by atoms with E-state index in [1.165, 1.54) is 22.5 Å². The number of rotatable bonds is 7. The van der Waals surface area contributed by atoms with Crippen molar-refractivity contribution in [1.29, 1.82) is 0 Å². The van der Waals surface area contributed by atoms with Crippen LogP contribution < -0.4 is 0 Å². The minimum absolute atomic E-state index is 0.948. The molecule has 2 rings (SSSR count). The van der Waals surface area contributed by atoms with Gasteiger partial charge in [0.1, 0.15) is 0 Å². The Labute approximate surface area is 148 Å². The molecule has 0 N–H and O–H groups in total. The fourth-order valence-electron chi connectivity index (χ4n) is 2.53. The van der Waals surface area contributed by atoms with Gasteiger partial charge in [-0.1, -0.05) is 84.6 Å². The minimum Gasteiger partial charge on any atom is -0.317 e. The van der Waals surface area contributed by atoms with Crippen LogP contribution in [0.15, 0.2) is 60.7 Å². The summed E-state index contributed by atoms with van der Waals surface area (Å²) in [6, 6.07) is 21.3. The summed E-state index contributed by atoms with van der Waals surface area (Å²) in [6.07, 6.45) is 4.25. The van der Waals surface area contributed by atoms with Crippen molar-refractivity contribution in [2.75, 3.05) is 26.1 Å². The van der Waals surface area contributed by atoms with E-state index in [2.05, 4.69) is 95.8 Å². The lowest BCUT2D eigenvalue weighted by atomic mass is 10.0. The molecule has 0 saturated heterocycles. The predicted octanol–water partition coefficient (Wildman–Crippen LogP) is 5.32. The van der Waals surface area contributed by atoms with Gasteiger partial charge in [-0.3, -0.25) is 0 Å². The van der Waals surface area contributed by atoms with E-state index >= 15 is 0 Å². The van der Waals surface area contributed by atoms with Crippen molar-refractivity contribution < 1.29 is 0 Å². The normalized spacial score (nSPS) is 11.8. The van der Waals surface area contributed by atoms with Gasteiger partial charge in [0.25, 0.3) is 0 Å². The van der Waals surface area contributed by atoms with Crippen molar-refractivity contribution in [3.05, 3.63) is 71.8 Å². The standard InChI is InChI=1S/C19H24N2S2/c1-5-21(23-4)19(17-14-10-7-11-15-17)18(20(2)22-3)16-12-8-6-9-13-16/h6-15H,5H2,1-4H3/b19-18-. The number of hydrogen-bond donors (Lipinski definition) is 0. The van der Waals surface area contributed by atoms with E-state index in [0.29, 0.717) is 0 Å². The first kappa shape index (κ1) is 17.8. The lowest BCUT2D eigenvalue weighted by Gasteiger charge is -2.30. The molecule has 122 valence electrons. The third kappa shape index (κ3) is 4.27. The van der Waals surface area contributed by atoms with Gasteiger partial charge in [-0.15, -0.1) is 0 Å². The molecule has 0 saturated carbocycles. The van der Waals surface area contributed by atoms with Gasteiger partial charge in [0.15, 0.2) is 0 Å². The molecule has 2 nitrogen and oxygen atoms in total. The first-order chi connectivity index (χ1) is 11.2. The maximum atomic E-state index is 2.35. The zero-order chi connectivity index (χ0) is 16.7. The third-order valence-corrected chi connectivity index (χ3v) is 5.28. The van der Waals surface area contributed by atoms with Crippen LogP contribution in [0.25, 0.3) is 11.4 Å². The van der Waals surface area contributed by atoms with Crippen molar-refractivity contribution in [3.8, 4) is 0 Å². The van der Waals surface area contributed by atoms with Crippen molar-refractivity contribution in [1.82, 2.24) is 8.61 Å². The summed E-state index contributed by atoms with van der Waals surface area (Å²) in [5.41, 5.74) is 4.96. The van der Waals surface area contributed by atoms with E-state index in [4.69, 9.17) is 0 Å². The second-order valence-corrected chi connectivity index (χ2v) is 6.71. The third-order valence-electron chi connectivity index (χ3n) is 3.66. The molecule has 23 heavy (non-hydrogen) atoms. The molecule has 0 aliphatic rings. The summed E-state index contributed by atoms with van der Waals surface area (Å²) in [5, 5.41) is 0. The quantitative estimate of drug-likeness (QED) is 0.495. The smallest absolute Gasteiger partial charge is 0.0791 e. The average Bonchev–Trinajstić information content (AvgIpc) is 2.63. The lowest BCUT2D eigenvalue weighted by molar-refractivity contribution is 0.675. The van der Waals surface area contributed by atoms with Gasteiger partial charge in [0, 0.05) is 37.2 Å². The van der Waals surface area contributed by atoms with Crippen molar-refractivity contribution >= 4 is 35.3 Å². The molecule has 0 aliphatic heterocycles. The molecule has 0 atom stereocenters. The maximum absolute atomic E-state index is 2.35. The molecule has 0 bridgehead atoms. The summed E-state index contributed by atoms with van der Waals surface area (Å²) >= 11 is 3.49. The van der Waals surface area contributed by atoms with Crippen LogP contribution in [-0.4, -0.2) is 34.7 Å². The Bertz CT molecular complexity index is 622. The average molecular weight is 345 g/mol. The fourth-order valence-corrected chi connectivity index (χ4v) is 3.54. The SMILES string of the molecule is CCN(SC)/C(=C(/c1ccccc1)N(C)SC)c1ccccc1. The van der Waals surface area contributed by atoms with Crippen molar-refractivity contribution in [2.24, 2.45) is 0 Å². The topological polar surface area (TPSA) is 6.48 Å². The van der Waals surface area contributed by atoms with Crippen LogP contribution in [0, 0.1) is 0 Å². The van der Waals surface area contributed by atoms with Crippen LogP contribution >= 0.6 is 23.9 Å². The first-order valence-corrected chi connectivity index (χ1v) is 10.0. The van der Waals surface area contributed by atoms with Crippen LogP contribution in [0.4, 0.5) is 0 Å². The molecular formula is C19H24N2S2. The Hall–Kier alpha value is -1.52. The summed E-state index contributed by atoms with van der Waals surface area (Å²) in [5.74, 6) is 0. The highest BCUT2D eigenvalue weighted by molar-refractivity contribution is 7.97. The van der Waals surface area contributed by atoms with Gasteiger partial charge in [-0.05, 0) is 6.92 Å². The van der Waals surface area contributed by atoms with Crippen LogP contribution in [0.3, 0.4) is 0 Å². The van der Waals surface area contributed by atoms with E-state index < -0.39 is 0 Å². The molecule has 0 spiro atoms. The number of nitrogens with zero attached hydrogens (tertiary/aromatic N) is 2. The number of benzene rings is 2. The molecular weight excluding hydrogens is 320 g/mol. The van der Waals surface area contributed by atoms with Crippen LogP contribution in [0.5, 0.6) is 0 Å². The van der Waals surface area contributed by atoms with Gasteiger partial charge in [0.05, 0.1) is 11.4 Å². The minimum atomic E-state index is 0.948. The predicted molar refractivity (Wildman–Crippen MR) is 107 cm³/mol. The Morgan fingerprint density at radius 2 is 1.26 bits per heavy atom. The van der Waals surface area contributed by atoms with Gasteiger partial charge in [-0.25, -0.2) is 0 Å². The molecule has 0 amide bonds. The van der Waals surface area contributed by atoms with E-state index in [-0.39, 0.29) is 0 Å². The second-order valence-electron chi connectivity index (χ2n) is 4.99. The van der Waals surface area contributed by atoms with E-state index in [0.717, 1.165) is 6.54 Å². The van der Waals surface area contributed by atoms with E-state index in [9.17, 15) is 0 Å². The first-order valence-electron chi connectivity index (χ1n) is 7.67. The molecule has 2 aromatic rings. The van der Waals surface area contributed by atoms with Gasteiger partial charge in [-0.2, -0.15) is 0 Å². The summed E-state index contributed by atoms with van der Waals surface area (Å²) < 4.78 is 4.60. The Morgan fingerprint density at radius 1 is 0.783 bits per heavy atom. The van der Waals surface area contributed by atoms with Crippen LogP contribution in [0.2, 0.25) is 0 Å². The Kier molecular flexibility index (Phi) is 6.93. The molecule has 0 unspecified atom stereocenters. The molecule has 0 fully saturated rings. The molecule has 0 aromatic heterocycles. The fraction of sp³-hybridized carbons (Fsp3) is 0.263. The van der Waals surface area contributed by atoms with Crippen molar-refractivity contribution in [3.63, 3.8) is 0 Å². The molecule has 0 heterocycles. The zero-order valence-corrected chi connectivity index (χ0v) is 15.8. The lowest BCUT2D eigenvalue weighted by Crippen LogP contribution is -2.19. The van der Waals surface area contributed by atoms with E-state index in [1.54, 1.807) is 23.9 Å². The number of hydrogen-bond acceptors (Lipinski definition) is 4. The monoisotopic (exact) mass is 344 g/mol. The van der Waals surface area contributed by atoms with Gasteiger partial charge >= 0.3 is 0 Å². The molecule has 0 radical (unpaired) electrons. The maximum Gasteiger partial charge on any atom is 0.0791 e. The van der Waals surface area contributed by atoms with E-state index in [1.807, 2.05) is 0 Å². The van der Waals surface area contributed by atoms with Crippen LogP contribution in [0.1, 0.15) is 18.1 Å². The zero-order valence-electron chi connectivity index (χ0n) is 14.2. The Morgan fingerprint density at radius 3 is 1.65 bits per heavy atom. The van der Waals surface area contributed by atoms with Crippen molar-refractivity contribution in [2.45, 2.75) is 6.92 Å². The summed E-state index contributed by atoms with van der Waals surface area (Å²) in [7, 11) is 2.13. The highest BCUT2D eigenvalue weighted by atomic mass is 32.2. The highest BCUT2D eigenvalue weighted by Crippen LogP contribution is 2.36. The molecule has 0 aliphatic carbocycles. The summed E-state index contributed by atoms with van der Waals surface area (Å²) in [6.45, 7) is 3.14. The van der Waals surface area contributed by atoms with Crippen LogP contribution in [-0.2, 0) is 0 Å². The largest absolute Gasteiger partial charge is 0.317 e. The van der Waals surface area contributed by atoms with Gasteiger partial charge in [0.2, 0.25) is 0 Å². The highest BCUT2D eigenvalue weighted by Gasteiger charge is 2.20.